The Bertz CT molecular complexity index is 672. The number of hydrogen-bond acceptors (Lipinski definition) is 5. The van der Waals surface area contributed by atoms with E-state index in [1.807, 2.05) is 6.92 Å². The first-order chi connectivity index (χ1) is 9.75. The molecular formula is C13H19N3O4S. The molecule has 0 saturated carbocycles. The van der Waals surface area contributed by atoms with E-state index in [9.17, 15) is 18.5 Å². The van der Waals surface area contributed by atoms with Gasteiger partial charge in [-0.05, 0) is 31.9 Å². The van der Waals surface area contributed by atoms with Gasteiger partial charge in [0.05, 0.1) is 9.82 Å². The average Bonchev–Trinajstić information content (AvgIpc) is 2.41. The molecule has 21 heavy (non-hydrogen) atoms. The Kier molecular flexibility index (Phi) is 4.31. The zero-order valence-electron chi connectivity index (χ0n) is 12.3. The van der Waals surface area contributed by atoms with Gasteiger partial charge in [0.15, 0.2) is 0 Å². The number of rotatable bonds is 3. The summed E-state index contributed by atoms with van der Waals surface area (Å²) in [6.45, 7) is 6.71. The van der Waals surface area contributed by atoms with Crippen molar-refractivity contribution in [2.45, 2.75) is 31.7 Å². The molecule has 0 spiro atoms. The van der Waals surface area contributed by atoms with Crippen molar-refractivity contribution in [1.29, 1.82) is 0 Å². The van der Waals surface area contributed by atoms with Crippen molar-refractivity contribution in [3.63, 3.8) is 0 Å². The molecule has 2 rings (SSSR count). The van der Waals surface area contributed by atoms with E-state index in [0.717, 1.165) is 6.07 Å². The monoisotopic (exact) mass is 313 g/mol. The van der Waals surface area contributed by atoms with E-state index >= 15 is 0 Å². The van der Waals surface area contributed by atoms with Crippen LogP contribution in [0.3, 0.4) is 0 Å². The maximum atomic E-state index is 12.8. The quantitative estimate of drug-likeness (QED) is 0.668. The summed E-state index contributed by atoms with van der Waals surface area (Å²) in [7, 11) is -3.73. The molecule has 0 amide bonds. The number of aryl methyl sites for hydroxylation is 1. The second-order valence-corrected chi connectivity index (χ2v) is 7.17. The van der Waals surface area contributed by atoms with Crippen LogP contribution in [0.25, 0.3) is 0 Å². The zero-order chi connectivity index (χ0) is 15.8. The lowest BCUT2D eigenvalue weighted by Crippen LogP contribution is -2.52. The Morgan fingerprint density at radius 2 is 2.05 bits per heavy atom. The predicted molar refractivity (Wildman–Crippen MR) is 78.8 cm³/mol. The first-order valence-corrected chi connectivity index (χ1v) is 8.17. The van der Waals surface area contributed by atoms with Crippen LogP contribution in [0.1, 0.15) is 18.1 Å². The van der Waals surface area contributed by atoms with E-state index < -0.39 is 14.9 Å². The SMILES string of the molecule is Cc1cc([N+](=O)[O-])cc(S(=O)(=O)N2CCNCC2C)c1C. The number of hydrogen-bond donors (Lipinski definition) is 1. The smallest absolute Gasteiger partial charge is 0.271 e. The number of piperazine rings is 1. The minimum Gasteiger partial charge on any atom is -0.314 e. The molecule has 1 heterocycles. The Morgan fingerprint density at radius 3 is 2.62 bits per heavy atom. The summed E-state index contributed by atoms with van der Waals surface area (Å²) in [5.74, 6) is 0. The standard InChI is InChI=1S/C13H19N3O4S/c1-9-6-12(16(17)18)7-13(11(9)3)21(19,20)15-5-4-14-8-10(15)2/h6-7,10,14H,4-5,8H2,1-3H3. The number of nitro benzene ring substituents is 1. The van der Waals surface area contributed by atoms with Gasteiger partial charge in [-0.3, -0.25) is 10.1 Å². The molecule has 1 aromatic carbocycles. The molecule has 7 nitrogen and oxygen atoms in total. The zero-order valence-corrected chi connectivity index (χ0v) is 13.1. The van der Waals surface area contributed by atoms with E-state index in [0.29, 0.717) is 30.8 Å². The molecule has 1 unspecified atom stereocenters. The summed E-state index contributed by atoms with van der Waals surface area (Å²) in [6, 6.07) is 2.38. The van der Waals surface area contributed by atoms with E-state index in [1.165, 1.54) is 10.4 Å². The first kappa shape index (κ1) is 15.9. The molecule has 1 aromatic rings. The van der Waals surface area contributed by atoms with Gasteiger partial charge in [0.2, 0.25) is 10.0 Å². The van der Waals surface area contributed by atoms with Crippen LogP contribution in [-0.4, -0.2) is 43.3 Å². The number of benzene rings is 1. The van der Waals surface area contributed by atoms with Crippen molar-refractivity contribution < 1.29 is 13.3 Å². The number of nitrogens with one attached hydrogen (secondary N) is 1. The number of nitrogens with zero attached hydrogens (tertiary/aromatic N) is 2. The van der Waals surface area contributed by atoms with Crippen molar-refractivity contribution in [1.82, 2.24) is 9.62 Å². The Hall–Kier alpha value is -1.51. The molecular weight excluding hydrogens is 294 g/mol. The van der Waals surface area contributed by atoms with Gasteiger partial charge < -0.3 is 5.32 Å². The Morgan fingerprint density at radius 1 is 1.38 bits per heavy atom. The molecule has 1 N–H and O–H groups in total. The average molecular weight is 313 g/mol. The van der Waals surface area contributed by atoms with Crippen molar-refractivity contribution in [3.05, 3.63) is 33.4 Å². The van der Waals surface area contributed by atoms with E-state index in [4.69, 9.17) is 0 Å². The third-order valence-electron chi connectivity index (χ3n) is 3.84. The number of non-ortho nitro benzene ring substituents is 1. The molecule has 116 valence electrons. The van der Waals surface area contributed by atoms with Crippen LogP contribution in [0, 0.1) is 24.0 Å². The molecule has 1 aliphatic heterocycles. The first-order valence-electron chi connectivity index (χ1n) is 6.73. The Labute approximate surface area is 124 Å². The highest BCUT2D eigenvalue weighted by atomic mass is 32.2. The molecule has 0 radical (unpaired) electrons. The minimum atomic E-state index is -3.73. The fraction of sp³-hybridized carbons (Fsp3) is 0.538. The summed E-state index contributed by atoms with van der Waals surface area (Å²) < 4.78 is 27.1. The van der Waals surface area contributed by atoms with Crippen LogP contribution in [0.5, 0.6) is 0 Å². The van der Waals surface area contributed by atoms with Crippen LogP contribution in [0.2, 0.25) is 0 Å². The summed E-state index contributed by atoms with van der Waals surface area (Å²) >= 11 is 0. The lowest BCUT2D eigenvalue weighted by molar-refractivity contribution is -0.385. The second kappa shape index (κ2) is 5.70. The second-order valence-electron chi connectivity index (χ2n) is 5.31. The van der Waals surface area contributed by atoms with Crippen LogP contribution >= 0.6 is 0 Å². The molecule has 1 saturated heterocycles. The predicted octanol–water partition coefficient (Wildman–Crippen LogP) is 1.19. The summed E-state index contributed by atoms with van der Waals surface area (Å²) in [5, 5.41) is 14.1. The van der Waals surface area contributed by atoms with Gasteiger partial charge >= 0.3 is 0 Å². The fourth-order valence-corrected chi connectivity index (χ4v) is 4.44. The highest BCUT2D eigenvalue weighted by Gasteiger charge is 2.33. The topological polar surface area (TPSA) is 92.5 Å². The van der Waals surface area contributed by atoms with Gasteiger partial charge in [-0.2, -0.15) is 4.31 Å². The van der Waals surface area contributed by atoms with Gasteiger partial charge in [0.1, 0.15) is 0 Å². The van der Waals surface area contributed by atoms with Crippen molar-refractivity contribution >= 4 is 15.7 Å². The number of nitro groups is 1. The van der Waals surface area contributed by atoms with Crippen LogP contribution < -0.4 is 5.32 Å². The van der Waals surface area contributed by atoms with E-state index in [2.05, 4.69) is 5.32 Å². The van der Waals surface area contributed by atoms with Crippen LogP contribution in [0.4, 0.5) is 5.69 Å². The summed E-state index contributed by atoms with van der Waals surface area (Å²) in [4.78, 5) is 10.4. The molecule has 0 aliphatic carbocycles. The molecule has 8 heteroatoms. The third-order valence-corrected chi connectivity index (χ3v) is 5.98. The fourth-order valence-electron chi connectivity index (χ4n) is 2.49. The van der Waals surface area contributed by atoms with E-state index in [1.54, 1.807) is 13.8 Å². The van der Waals surface area contributed by atoms with Gasteiger partial charge in [0.25, 0.3) is 5.69 Å². The molecule has 1 aliphatic rings. The van der Waals surface area contributed by atoms with Crippen LogP contribution in [0.15, 0.2) is 17.0 Å². The van der Waals surface area contributed by atoms with Crippen molar-refractivity contribution in [3.8, 4) is 0 Å². The summed E-state index contributed by atoms with van der Waals surface area (Å²) in [5.41, 5.74) is 0.969. The van der Waals surface area contributed by atoms with Crippen molar-refractivity contribution in [2.24, 2.45) is 0 Å². The summed E-state index contributed by atoms with van der Waals surface area (Å²) in [6.07, 6.45) is 0. The molecule has 0 aromatic heterocycles. The highest BCUT2D eigenvalue weighted by Crippen LogP contribution is 2.28. The third kappa shape index (κ3) is 2.92. The molecule has 1 atom stereocenters. The molecule has 1 fully saturated rings. The van der Waals surface area contributed by atoms with Crippen molar-refractivity contribution in [2.75, 3.05) is 19.6 Å². The van der Waals surface area contributed by atoms with Gasteiger partial charge in [-0.25, -0.2) is 8.42 Å². The normalized spacial score (nSPS) is 20.4. The van der Waals surface area contributed by atoms with Crippen LogP contribution in [-0.2, 0) is 10.0 Å². The largest absolute Gasteiger partial charge is 0.314 e. The lowest BCUT2D eigenvalue weighted by atomic mass is 10.1. The molecule has 0 bridgehead atoms. The maximum Gasteiger partial charge on any atom is 0.271 e. The minimum absolute atomic E-state index is 0.0305. The Balaban J connectivity index is 2.56. The highest BCUT2D eigenvalue weighted by molar-refractivity contribution is 7.89. The number of sulfonamides is 1. The van der Waals surface area contributed by atoms with Gasteiger partial charge in [0, 0.05) is 37.8 Å². The van der Waals surface area contributed by atoms with Gasteiger partial charge in [-0.15, -0.1) is 0 Å². The van der Waals surface area contributed by atoms with E-state index in [-0.39, 0.29) is 16.6 Å². The lowest BCUT2D eigenvalue weighted by Gasteiger charge is -2.33. The maximum absolute atomic E-state index is 12.8. The van der Waals surface area contributed by atoms with Gasteiger partial charge in [-0.1, -0.05) is 0 Å².